The van der Waals surface area contributed by atoms with Crippen LogP contribution in [0.3, 0.4) is 0 Å². The molecular weight excluding hydrogens is 466 g/mol. The molecule has 0 saturated carbocycles. The Morgan fingerprint density at radius 2 is 1.69 bits per heavy atom. The molecule has 2 aromatic carbocycles. The van der Waals surface area contributed by atoms with Crippen molar-refractivity contribution < 1.29 is 19.1 Å². The van der Waals surface area contributed by atoms with E-state index in [4.69, 9.17) is 9.47 Å². The highest BCUT2D eigenvalue weighted by Crippen LogP contribution is 2.30. The number of rotatable bonds is 7. The Kier molecular flexibility index (Phi) is 7.26. The zero-order valence-electron chi connectivity index (χ0n) is 19.6. The van der Waals surface area contributed by atoms with Gasteiger partial charge in [0.05, 0.1) is 36.1 Å². The summed E-state index contributed by atoms with van der Waals surface area (Å²) in [5.41, 5.74) is 2.54. The van der Waals surface area contributed by atoms with Crippen LogP contribution in [0.25, 0.3) is 6.20 Å². The third-order valence-corrected chi connectivity index (χ3v) is 6.38. The quantitative estimate of drug-likeness (QED) is 0.510. The van der Waals surface area contributed by atoms with Crippen molar-refractivity contribution in [2.24, 2.45) is 4.99 Å². The lowest BCUT2D eigenvalue weighted by atomic mass is 9.96. The van der Waals surface area contributed by atoms with Gasteiger partial charge in [-0.3, -0.25) is 9.36 Å². The maximum absolute atomic E-state index is 13.5. The fraction of sp³-hybridized carbons (Fsp3) is 0.231. The van der Waals surface area contributed by atoms with Crippen molar-refractivity contribution in [2.45, 2.75) is 26.8 Å². The number of carbonyl (C=O) groups is 2. The van der Waals surface area contributed by atoms with E-state index in [-0.39, 0.29) is 18.1 Å². The van der Waals surface area contributed by atoms with E-state index in [0.717, 1.165) is 5.56 Å². The third kappa shape index (κ3) is 4.95. The summed E-state index contributed by atoms with van der Waals surface area (Å²) in [6.45, 7) is 5.78. The molecule has 1 N–H and O–H groups in total. The van der Waals surface area contributed by atoms with Gasteiger partial charge in [-0.1, -0.05) is 41.7 Å². The lowest BCUT2D eigenvalue weighted by Crippen LogP contribution is -2.40. The molecule has 0 saturated heterocycles. The Labute approximate surface area is 205 Å². The minimum absolute atomic E-state index is 0.223. The van der Waals surface area contributed by atoms with E-state index in [1.54, 1.807) is 51.2 Å². The van der Waals surface area contributed by atoms with Crippen molar-refractivity contribution in [2.75, 3.05) is 18.5 Å². The number of nitrogens with zero attached hydrogens (tertiary/aromatic N) is 2. The molecule has 1 atom stereocenters. The first-order chi connectivity index (χ1) is 16.9. The van der Waals surface area contributed by atoms with Crippen molar-refractivity contribution in [3.8, 4) is 0 Å². The zero-order valence-corrected chi connectivity index (χ0v) is 20.4. The van der Waals surface area contributed by atoms with Crippen LogP contribution in [0, 0.1) is 0 Å². The van der Waals surface area contributed by atoms with Crippen molar-refractivity contribution in [1.82, 2.24) is 4.57 Å². The van der Waals surface area contributed by atoms with Crippen LogP contribution >= 0.6 is 11.3 Å². The molecule has 1 aromatic heterocycles. The molecule has 9 heteroatoms. The van der Waals surface area contributed by atoms with Gasteiger partial charge in [0.1, 0.15) is 4.53 Å². The number of anilines is 1. The van der Waals surface area contributed by atoms with Crippen LogP contribution in [-0.4, -0.2) is 29.7 Å². The Bertz CT molecular complexity index is 1450. The lowest BCUT2D eigenvalue weighted by molar-refractivity contribution is -0.139. The second-order valence-electron chi connectivity index (χ2n) is 7.66. The SMILES string of the molecule is CCOC(=O)C1=C(C)N=c2s/c(=C\Nc3ccc(C(=O)OCC)cc3)c(=O)n2[C@@H]1c1ccccc1. The fourth-order valence-corrected chi connectivity index (χ4v) is 4.78. The van der Waals surface area contributed by atoms with Gasteiger partial charge in [0.2, 0.25) is 0 Å². The Balaban J connectivity index is 1.73. The highest BCUT2D eigenvalue weighted by Gasteiger charge is 2.33. The zero-order chi connectivity index (χ0) is 24.9. The van der Waals surface area contributed by atoms with Crippen molar-refractivity contribution in [3.63, 3.8) is 0 Å². The number of carbonyl (C=O) groups excluding carboxylic acids is 2. The summed E-state index contributed by atoms with van der Waals surface area (Å²) in [6.07, 6.45) is 1.61. The van der Waals surface area contributed by atoms with Crippen LogP contribution in [0.2, 0.25) is 0 Å². The number of allylic oxidation sites excluding steroid dienone is 1. The summed E-state index contributed by atoms with van der Waals surface area (Å²) in [5.74, 6) is -0.877. The molecule has 0 unspecified atom stereocenters. The Morgan fingerprint density at radius 1 is 1.03 bits per heavy atom. The highest BCUT2D eigenvalue weighted by molar-refractivity contribution is 7.07. The average Bonchev–Trinajstić information content (AvgIpc) is 3.17. The lowest BCUT2D eigenvalue weighted by Gasteiger charge is -2.24. The van der Waals surface area contributed by atoms with Crippen LogP contribution in [0.15, 0.2) is 75.7 Å². The van der Waals surface area contributed by atoms with E-state index in [1.165, 1.54) is 15.9 Å². The summed E-state index contributed by atoms with van der Waals surface area (Å²) in [4.78, 5) is 43.2. The number of aromatic nitrogens is 1. The molecule has 180 valence electrons. The van der Waals surface area contributed by atoms with Gasteiger partial charge in [0, 0.05) is 11.9 Å². The standard InChI is InChI=1S/C26H25N3O5S/c1-4-33-24(31)18-11-13-19(14-12-18)27-15-20-23(30)29-22(17-9-7-6-8-10-17)21(25(32)34-5-2)16(3)28-26(29)35-20/h6-15,22,27H,4-5H2,1-3H3/b20-15-/t22-/m1/s1. The monoisotopic (exact) mass is 491 g/mol. The summed E-state index contributed by atoms with van der Waals surface area (Å²) < 4.78 is 12.3. The number of fused-ring (bicyclic) bond motifs is 1. The van der Waals surface area contributed by atoms with Gasteiger partial charge in [0.15, 0.2) is 4.80 Å². The van der Waals surface area contributed by atoms with E-state index in [2.05, 4.69) is 10.3 Å². The second kappa shape index (κ2) is 10.5. The number of ether oxygens (including phenoxy) is 2. The first-order valence-electron chi connectivity index (χ1n) is 11.2. The largest absolute Gasteiger partial charge is 0.463 e. The normalized spacial score (nSPS) is 15.3. The second-order valence-corrected chi connectivity index (χ2v) is 8.66. The van der Waals surface area contributed by atoms with Gasteiger partial charge in [-0.2, -0.15) is 0 Å². The first kappa shape index (κ1) is 24.2. The molecule has 0 spiro atoms. The molecule has 4 rings (SSSR count). The fourth-order valence-electron chi connectivity index (χ4n) is 3.81. The smallest absolute Gasteiger partial charge is 0.338 e. The number of thiazole rings is 1. The summed E-state index contributed by atoms with van der Waals surface area (Å²) in [5, 5.41) is 3.10. The van der Waals surface area contributed by atoms with E-state index >= 15 is 0 Å². The van der Waals surface area contributed by atoms with Gasteiger partial charge >= 0.3 is 11.9 Å². The maximum atomic E-state index is 13.5. The molecule has 2 heterocycles. The van der Waals surface area contributed by atoms with Crippen molar-refractivity contribution >= 4 is 35.2 Å². The number of hydrogen-bond donors (Lipinski definition) is 1. The van der Waals surface area contributed by atoms with Crippen LogP contribution < -0.4 is 20.2 Å². The van der Waals surface area contributed by atoms with Crippen LogP contribution in [-0.2, 0) is 14.3 Å². The van der Waals surface area contributed by atoms with Gasteiger partial charge < -0.3 is 14.8 Å². The van der Waals surface area contributed by atoms with Gasteiger partial charge in [-0.15, -0.1) is 0 Å². The molecule has 8 nitrogen and oxygen atoms in total. The number of hydrogen-bond acceptors (Lipinski definition) is 8. The summed E-state index contributed by atoms with van der Waals surface area (Å²) in [7, 11) is 0. The minimum Gasteiger partial charge on any atom is -0.463 e. The predicted octanol–water partition coefficient (Wildman–Crippen LogP) is 3.00. The van der Waals surface area contributed by atoms with E-state index in [1.807, 2.05) is 30.3 Å². The van der Waals surface area contributed by atoms with Crippen LogP contribution in [0.4, 0.5) is 5.69 Å². The molecule has 0 amide bonds. The topological polar surface area (TPSA) is 99.0 Å². The summed E-state index contributed by atoms with van der Waals surface area (Å²) >= 11 is 1.23. The third-order valence-electron chi connectivity index (χ3n) is 5.40. The van der Waals surface area contributed by atoms with E-state index < -0.39 is 12.0 Å². The highest BCUT2D eigenvalue weighted by atomic mass is 32.1. The minimum atomic E-state index is -0.641. The first-order valence-corrected chi connectivity index (χ1v) is 12.0. The molecular formula is C26H25N3O5S. The summed E-state index contributed by atoms with van der Waals surface area (Å²) in [6, 6.07) is 15.5. The van der Waals surface area contributed by atoms with Gasteiger partial charge in [-0.25, -0.2) is 14.6 Å². The Morgan fingerprint density at radius 3 is 2.34 bits per heavy atom. The van der Waals surface area contributed by atoms with Gasteiger partial charge in [-0.05, 0) is 50.6 Å². The number of esters is 2. The number of benzene rings is 2. The van der Waals surface area contributed by atoms with E-state index in [9.17, 15) is 14.4 Å². The predicted molar refractivity (Wildman–Crippen MR) is 134 cm³/mol. The Hall–Kier alpha value is -3.98. The van der Waals surface area contributed by atoms with Crippen LogP contribution in [0.1, 0.15) is 42.7 Å². The molecule has 3 aromatic rings. The molecule has 0 bridgehead atoms. The molecule has 0 aliphatic carbocycles. The van der Waals surface area contributed by atoms with E-state index in [0.29, 0.717) is 38.5 Å². The molecule has 0 fully saturated rings. The van der Waals surface area contributed by atoms with Gasteiger partial charge in [0.25, 0.3) is 5.56 Å². The van der Waals surface area contributed by atoms with Crippen LogP contribution in [0.5, 0.6) is 0 Å². The molecule has 0 radical (unpaired) electrons. The average molecular weight is 492 g/mol. The molecule has 1 aliphatic heterocycles. The van der Waals surface area contributed by atoms with Crippen molar-refractivity contribution in [3.05, 3.63) is 96.7 Å². The molecule has 1 aliphatic rings. The molecule has 35 heavy (non-hydrogen) atoms. The maximum Gasteiger partial charge on any atom is 0.338 e. The van der Waals surface area contributed by atoms with Crippen molar-refractivity contribution in [1.29, 1.82) is 0 Å². The number of nitrogens with one attached hydrogen (secondary N) is 1.